The summed E-state index contributed by atoms with van der Waals surface area (Å²) >= 11 is 7.34. The zero-order valence-electron chi connectivity index (χ0n) is 15.7. The van der Waals surface area contributed by atoms with Crippen LogP contribution in [-0.2, 0) is 17.8 Å². The smallest absolute Gasteiger partial charge is 0.226 e. The number of rotatable bonds is 7. The number of halogens is 1. The highest BCUT2D eigenvalue weighted by molar-refractivity contribution is 7.09. The summed E-state index contributed by atoms with van der Waals surface area (Å²) in [5.74, 6) is 1.35. The van der Waals surface area contributed by atoms with Gasteiger partial charge < -0.3 is 15.0 Å². The standard InChI is InChI=1S/C21H19ClN4O2S/c1-13(21-25-17-4-2-3-5-18(17)26-21)23-19(27)10-15-12-29-20(24-15)11-28-16-8-6-14(22)7-9-16/h2-9,12-13H,10-11H2,1H3,(H,23,27)(H,25,26)/t13-/m1/s1. The predicted molar refractivity (Wildman–Crippen MR) is 114 cm³/mol. The highest BCUT2D eigenvalue weighted by atomic mass is 35.5. The molecule has 0 aliphatic heterocycles. The molecule has 0 bridgehead atoms. The molecule has 1 atom stereocenters. The fraction of sp³-hybridized carbons (Fsp3) is 0.190. The third-order valence-electron chi connectivity index (χ3n) is 4.31. The van der Waals surface area contributed by atoms with Crippen molar-refractivity contribution in [2.75, 3.05) is 0 Å². The molecule has 2 aromatic heterocycles. The Kier molecular flexibility index (Phi) is 5.78. The molecular weight excluding hydrogens is 408 g/mol. The van der Waals surface area contributed by atoms with E-state index in [1.165, 1.54) is 11.3 Å². The number of hydrogen-bond acceptors (Lipinski definition) is 5. The molecule has 2 aromatic carbocycles. The number of amides is 1. The third-order valence-corrected chi connectivity index (χ3v) is 5.44. The number of H-pyrrole nitrogens is 1. The summed E-state index contributed by atoms with van der Waals surface area (Å²) in [6.07, 6.45) is 0.210. The average molecular weight is 427 g/mol. The second-order valence-electron chi connectivity index (χ2n) is 6.58. The Bertz CT molecular complexity index is 1090. The van der Waals surface area contributed by atoms with Crippen LogP contribution in [0.3, 0.4) is 0 Å². The fourth-order valence-corrected chi connectivity index (χ4v) is 3.71. The fourth-order valence-electron chi connectivity index (χ4n) is 2.88. The molecule has 4 rings (SSSR count). The van der Waals surface area contributed by atoms with Crippen LogP contribution in [-0.4, -0.2) is 20.9 Å². The molecule has 148 valence electrons. The number of nitrogens with one attached hydrogen (secondary N) is 2. The number of hydrogen-bond donors (Lipinski definition) is 2. The molecule has 0 spiro atoms. The second kappa shape index (κ2) is 8.63. The van der Waals surface area contributed by atoms with Gasteiger partial charge in [0, 0.05) is 10.4 Å². The molecule has 8 heteroatoms. The largest absolute Gasteiger partial charge is 0.486 e. The van der Waals surface area contributed by atoms with Gasteiger partial charge in [0.1, 0.15) is 23.2 Å². The molecule has 0 fully saturated rings. The van der Waals surface area contributed by atoms with E-state index in [0.717, 1.165) is 33.3 Å². The Morgan fingerprint density at radius 1 is 1.21 bits per heavy atom. The van der Waals surface area contributed by atoms with Crippen LogP contribution in [0.25, 0.3) is 11.0 Å². The van der Waals surface area contributed by atoms with E-state index in [1.54, 1.807) is 12.1 Å². The highest BCUT2D eigenvalue weighted by Gasteiger charge is 2.15. The lowest BCUT2D eigenvalue weighted by Gasteiger charge is -2.10. The van der Waals surface area contributed by atoms with Crippen molar-refractivity contribution >= 4 is 39.9 Å². The number of thiazole rings is 1. The van der Waals surface area contributed by atoms with Gasteiger partial charge in [-0.1, -0.05) is 23.7 Å². The van der Waals surface area contributed by atoms with E-state index < -0.39 is 0 Å². The number of ether oxygens (including phenoxy) is 1. The van der Waals surface area contributed by atoms with Gasteiger partial charge in [-0.3, -0.25) is 4.79 Å². The maximum atomic E-state index is 12.4. The first-order valence-corrected chi connectivity index (χ1v) is 10.4. The van der Waals surface area contributed by atoms with E-state index in [-0.39, 0.29) is 18.4 Å². The van der Waals surface area contributed by atoms with Crippen molar-refractivity contribution in [3.63, 3.8) is 0 Å². The second-order valence-corrected chi connectivity index (χ2v) is 7.96. The van der Waals surface area contributed by atoms with Gasteiger partial charge in [0.15, 0.2) is 0 Å². The molecule has 0 aliphatic carbocycles. The lowest BCUT2D eigenvalue weighted by Crippen LogP contribution is -2.28. The van der Waals surface area contributed by atoms with E-state index in [9.17, 15) is 4.79 Å². The number of aromatic nitrogens is 3. The predicted octanol–water partition coefficient (Wildman–Crippen LogP) is 4.67. The summed E-state index contributed by atoms with van der Waals surface area (Å²) in [4.78, 5) is 24.6. The normalized spacial score (nSPS) is 12.1. The summed E-state index contributed by atoms with van der Waals surface area (Å²) in [6, 6.07) is 14.7. The summed E-state index contributed by atoms with van der Waals surface area (Å²) < 4.78 is 5.69. The van der Waals surface area contributed by atoms with Gasteiger partial charge in [0.05, 0.1) is 29.2 Å². The molecule has 4 aromatic rings. The SMILES string of the molecule is C[C@@H](NC(=O)Cc1csc(COc2ccc(Cl)cc2)n1)c1nc2ccccc2[nH]1. The molecule has 6 nitrogen and oxygen atoms in total. The molecule has 0 saturated heterocycles. The van der Waals surface area contributed by atoms with Gasteiger partial charge in [-0.25, -0.2) is 9.97 Å². The van der Waals surface area contributed by atoms with Gasteiger partial charge in [0.2, 0.25) is 5.91 Å². The zero-order chi connectivity index (χ0) is 20.2. The monoisotopic (exact) mass is 426 g/mol. The maximum Gasteiger partial charge on any atom is 0.226 e. The van der Waals surface area contributed by atoms with E-state index in [4.69, 9.17) is 16.3 Å². The van der Waals surface area contributed by atoms with Crippen LogP contribution in [0, 0.1) is 0 Å². The highest BCUT2D eigenvalue weighted by Crippen LogP contribution is 2.19. The van der Waals surface area contributed by atoms with Gasteiger partial charge >= 0.3 is 0 Å². The molecule has 2 N–H and O–H groups in total. The van der Waals surface area contributed by atoms with E-state index in [0.29, 0.717) is 11.6 Å². The van der Waals surface area contributed by atoms with Gasteiger partial charge in [-0.15, -0.1) is 11.3 Å². The van der Waals surface area contributed by atoms with Crippen molar-refractivity contribution in [2.45, 2.75) is 26.0 Å². The number of benzene rings is 2. The van der Waals surface area contributed by atoms with Gasteiger partial charge in [-0.05, 0) is 43.3 Å². The van der Waals surface area contributed by atoms with Crippen LogP contribution in [0.15, 0.2) is 53.9 Å². The number of carbonyl (C=O) groups is 1. The summed E-state index contributed by atoms with van der Waals surface area (Å²) in [6.45, 7) is 2.26. The van der Waals surface area contributed by atoms with E-state index >= 15 is 0 Å². The Hall–Kier alpha value is -2.90. The van der Waals surface area contributed by atoms with E-state index in [1.807, 2.05) is 48.7 Å². The molecule has 1 amide bonds. The number of imidazole rings is 1. The maximum absolute atomic E-state index is 12.4. The lowest BCUT2D eigenvalue weighted by molar-refractivity contribution is -0.121. The van der Waals surface area contributed by atoms with Crippen LogP contribution in [0.1, 0.15) is 29.5 Å². The summed E-state index contributed by atoms with van der Waals surface area (Å²) in [5.41, 5.74) is 2.56. The van der Waals surface area contributed by atoms with Gasteiger partial charge in [0.25, 0.3) is 0 Å². The first-order valence-electron chi connectivity index (χ1n) is 9.12. The molecule has 0 radical (unpaired) electrons. The third kappa shape index (κ3) is 4.93. The van der Waals surface area contributed by atoms with Crippen molar-refractivity contribution < 1.29 is 9.53 Å². The first kappa shape index (κ1) is 19.4. The van der Waals surface area contributed by atoms with Crippen molar-refractivity contribution in [3.05, 3.63) is 75.5 Å². The summed E-state index contributed by atoms with van der Waals surface area (Å²) in [5, 5.41) is 6.32. The molecule has 0 saturated carbocycles. The topological polar surface area (TPSA) is 79.9 Å². The van der Waals surface area contributed by atoms with Crippen molar-refractivity contribution in [2.24, 2.45) is 0 Å². The van der Waals surface area contributed by atoms with Crippen LogP contribution in [0.4, 0.5) is 0 Å². The van der Waals surface area contributed by atoms with E-state index in [2.05, 4.69) is 20.3 Å². The Labute approximate surface area is 176 Å². The number of fused-ring (bicyclic) bond motifs is 1. The number of aromatic amines is 1. The minimum absolute atomic E-state index is 0.103. The van der Waals surface area contributed by atoms with Crippen molar-refractivity contribution in [1.29, 1.82) is 0 Å². The van der Waals surface area contributed by atoms with Crippen molar-refractivity contribution in [1.82, 2.24) is 20.3 Å². The zero-order valence-corrected chi connectivity index (χ0v) is 17.3. The van der Waals surface area contributed by atoms with Crippen LogP contribution >= 0.6 is 22.9 Å². The minimum Gasteiger partial charge on any atom is -0.486 e. The quantitative estimate of drug-likeness (QED) is 0.450. The summed E-state index contributed by atoms with van der Waals surface area (Å²) in [7, 11) is 0. The minimum atomic E-state index is -0.221. The van der Waals surface area contributed by atoms with Crippen molar-refractivity contribution in [3.8, 4) is 5.75 Å². The Balaban J connectivity index is 1.30. The lowest BCUT2D eigenvalue weighted by atomic mass is 10.2. The van der Waals surface area contributed by atoms with Crippen LogP contribution in [0.5, 0.6) is 5.75 Å². The Morgan fingerprint density at radius 3 is 2.79 bits per heavy atom. The number of carbonyl (C=O) groups excluding carboxylic acids is 1. The number of nitrogens with zero attached hydrogens (tertiary/aromatic N) is 2. The first-order chi connectivity index (χ1) is 14.1. The molecular formula is C21H19ClN4O2S. The Morgan fingerprint density at radius 2 is 2.00 bits per heavy atom. The molecule has 0 aliphatic rings. The number of para-hydroxylation sites is 2. The molecule has 29 heavy (non-hydrogen) atoms. The average Bonchev–Trinajstić information content (AvgIpc) is 3.34. The molecule has 2 heterocycles. The van der Waals surface area contributed by atoms with Crippen LogP contribution in [0.2, 0.25) is 5.02 Å². The molecule has 0 unspecified atom stereocenters. The van der Waals surface area contributed by atoms with Crippen LogP contribution < -0.4 is 10.1 Å². The van der Waals surface area contributed by atoms with Gasteiger partial charge in [-0.2, -0.15) is 0 Å².